The van der Waals surface area contributed by atoms with Gasteiger partial charge in [0.1, 0.15) is 5.75 Å². The second-order valence-corrected chi connectivity index (χ2v) is 2.84. The van der Waals surface area contributed by atoms with Crippen molar-refractivity contribution in [3.8, 4) is 11.6 Å². The van der Waals surface area contributed by atoms with Crippen LogP contribution >= 0.6 is 0 Å². The van der Waals surface area contributed by atoms with Crippen LogP contribution in [0.2, 0.25) is 0 Å². The summed E-state index contributed by atoms with van der Waals surface area (Å²) in [5.74, 6) is 1.38. The SMILES string of the molecule is NCc1cn[nH]c1Oc1ccccc1. The fraction of sp³-hybridized carbons (Fsp3) is 0.100. The lowest BCUT2D eigenvalue weighted by atomic mass is 10.3. The Morgan fingerprint density at radius 1 is 1.29 bits per heavy atom. The average Bonchev–Trinajstić information content (AvgIpc) is 2.67. The number of aromatic amines is 1. The van der Waals surface area contributed by atoms with Gasteiger partial charge in [-0.25, -0.2) is 5.10 Å². The van der Waals surface area contributed by atoms with Gasteiger partial charge in [0.15, 0.2) is 0 Å². The number of benzene rings is 1. The summed E-state index contributed by atoms with van der Waals surface area (Å²) in [6, 6.07) is 9.51. The smallest absolute Gasteiger partial charge is 0.219 e. The van der Waals surface area contributed by atoms with E-state index in [4.69, 9.17) is 10.5 Å². The lowest BCUT2D eigenvalue weighted by molar-refractivity contribution is 0.456. The number of nitrogens with one attached hydrogen (secondary N) is 1. The number of hydrogen-bond donors (Lipinski definition) is 2. The van der Waals surface area contributed by atoms with Crippen molar-refractivity contribution in [3.63, 3.8) is 0 Å². The normalized spacial score (nSPS) is 10.1. The highest BCUT2D eigenvalue weighted by molar-refractivity contribution is 5.30. The number of hydrogen-bond acceptors (Lipinski definition) is 3. The summed E-state index contributed by atoms with van der Waals surface area (Å²) in [5.41, 5.74) is 6.38. The van der Waals surface area contributed by atoms with E-state index in [9.17, 15) is 0 Å². The van der Waals surface area contributed by atoms with Crippen LogP contribution in [0.25, 0.3) is 0 Å². The molecule has 3 N–H and O–H groups in total. The molecule has 0 aliphatic heterocycles. The molecule has 0 unspecified atom stereocenters. The van der Waals surface area contributed by atoms with Crippen LogP contribution in [0.1, 0.15) is 5.56 Å². The molecule has 2 aromatic rings. The number of ether oxygens (including phenoxy) is 1. The third kappa shape index (κ3) is 1.75. The molecule has 4 nitrogen and oxygen atoms in total. The first-order valence-electron chi connectivity index (χ1n) is 4.35. The molecule has 0 radical (unpaired) electrons. The Morgan fingerprint density at radius 3 is 2.79 bits per heavy atom. The summed E-state index contributed by atoms with van der Waals surface area (Å²) in [7, 11) is 0. The Kier molecular flexibility index (Phi) is 2.46. The zero-order valence-corrected chi connectivity index (χ0v) is 7.60. The Labute approximate surface area is 81.7 Å². The lowest BCUT2D eigenvalue weighted by Crippen LogP contribution is -1.97. The van der Waals surface area contributed by atoms with Gasteiger partial charge in [0.05, 0.1) is 6.20 Å². The van der Waals surface area contributed by atoms with Crippen molar-refractivity contribution >= 4 is 0 Å². The highest BCUT2D eigenvalue weighted by Crippen LogP contribution is 2.21. The van der Waals surface area contributed by atoms with Gasteiger partial charge in [-0.1, -0.05) is 18.2 Å². The molecule has 0 aliphatic carbocycles. The third-order valence-corrected chi connectivity index (χ3v) is 1.86. The quantitative estimate of drug-likeness (QED) is 0.771. The van der Waals surface area contributed by atoms with E-state index in [2.05, 4.69) is 10.2 Å². The van der Waals surface area contributed by atoms with Gasteiger partial charge >= 0.3 is 0 Å². The second kappa shape index (κ2) is 3.93. The fourth-order valence-corrected chi connectivity index (χ4v) is 1.14. The maximum Gasteiger partial charge on any atom is 0.219 e. The van der Waals surface area contributed by atoms with Crippen molar-refractivity contribution in [3.05, 3.63) is 42.1 Å². The largest absolute Gasteiger partial charge is 0.439 e. The van der Waals surface area contributed by atoms with Gasteiger partial charge in [-0.2, -0.15) is 5.10 Å². The predicted octanol–water partition coefficient (Wildman–Crippen LogP) is 1.66. The van der Waals surface area contributed by atoms with E-state index < -0.39 is 0 Å². The number of aromatic nitrogens is 2. The predicted molar refractivity (Wildman–Crippen MR) is 53.0 cm³/mol. The van der Waals surface area contributed by atoms with E-state index in [-0.39, 0.29) is 0 Å². The van der Waals surface area contributed by atoms with Crippen LogP contribution in [-0.4, -0.2) is 10.2 Å². The molecule has 4 heteroatoms. The summed E-state index contributed by atoms with van der Waals surface area (Å²) in [5, 5.41) is 6.61. The maximum atomic E-state index is 5.54. The van der Waals surface area contributed by atoms with Crippen molar-refractivity contribution < 1.29 is 4.74 Å². The molecule has 72 valence electrons. The Bertz CT molecular complexity index is 397. The Balaban J connectivity index is 2.19. The van der Waals surface area contributed by atoms with E-state index in [1.54, 1.807) is 6.20 Å². The van der Waals surface area contributed by atoms with Crippen molar-refractivity contribution in [2.45, 2.75) is 6.54 Å². The van der Waals surface area contributed by atoms with Gasteiger partial charge in [0, 0.05) is 12.1 Å². The molecule has 0 amide bonds. The number of para-hydroxylation sites is 1. The molecule has 0 atom stereocenters. The van der Waals surface area contributed by atoms with Crippen molar-refractivity contribution in [1.29, 1.82) is 0 Å². The summed E-state index contributed by atoms with van der Waals surface area (Å²) in [4.78, 5) is 0. The number of nitrogens with zero attached hydrogens (tertiary/aromatic N) is 1. The minimum Gasteiger partial charge on any atom is -0.439 e. The first-order valence-corrected chi connectivity index (χ1v) is 4.35. The van der Waals surface area contributed by atoms with Crippen LogP contribution in [0.4, 0.5) is 0 Å². The number of rotatable bonds is 3. The van der Waals surface area contributed by atoms with Crippen molar-refractivity contribution in [2.75, 3.05) is 0 Å². The zero-order valence-electron chi connectivity index (χ0n) is 7.60. The molecular weight excluding hydrogens is 178 g/mol. The lowest BCUT2D eigenvalue weighted by Gasteiger charge is -2.03. The van der Waals surface area contributed by atoms with Gasteiger partial charge < -0.3 is 10.5 Å². The molecule has 1 aromatic heterocycles. The number of H-pyrrole nitrogens is 1. The molecule has 0 aliphatic rings. The Hall–Kier alpha value is -1.81. The van der Waals surface area contributed by atoms with E-state index in [1.165, 1.54) is 0 Å². The van der Waals surface area contributed by atoms with Crippen LogP contribution in [-0.2, 0) is 6.54 Å². The molecule has 1 heterocycles. The first-order chi connectivity index (χ1) is 6.90. The van der Waals surface area contributed by atoms with E-state index in [0.717, 1.165) is 11.3 Å². The summed E-state index contributed by atoms with van der Waals surface area (Å²) in [6.45, 7) is 0.415. The Morgan fingerprint density at radius 2 is 2.07 bits per heavy atom. The summed E-state index contributed by atoms with van der Waals surface area (Å²) < 4.78 is 5.54. The average molecular weight is 189 g/mol. The van der Waals surface area contributed by atoms with Crippen LogP contribution in [0.15, 0.2) is 36.5 Å². The summed E-state index contributed by atoms with van der Waals surface area (Å²) >= 11 is 0. The topological polar surface area (TPSA) is 63.9 Å². The molecule has 1 aromatic carbocycles. The summed E-state index contributed by atoms with van der Waals surface area (Å²) in [6.07, 6.45) is 1.66. The highest BCUT2D eigenvalue weighted by Gasteiger charge is 2.04. The van der Waals surface area contributed by atoms with Gasteiger partial charge in [0.25, 0.3) is 0 Å². The third-order valence-electron chi connectivity index (χ3n) is 1.86. The van der Waals surface area contributed by atoms with Gasteiger partial charge in [-0.3, -0.25) is 0 Å². The maximum absolute atomic E-state index is 5.54. The monoisotopic (exact) mass is 189 g/mol. The van der Waals surface area contributed by atoms with E-state index in [1.807, 2.05) is 30.3 Å². The van der Waals surface area contributed by atoms with Crippen molar-refractivity contribution in [1.82, 2.24) is 10.2 Å². The van der Waals surface area contributed by atoms with Crippen molar-refractivity contribution in [2.24, 2.45) is 5.73 Å². The van der Waals surface area contributed by atoms with E-state index in [0.29, 0.717) is 12.4 Å². The molecule has 0 spiro atoms. The molecule has 0 fully saturated rings. The van der Waals surface area contributed by atoms with E-state index >= 15 is 0 Å². The van der Waals surface area contributed by atoms with Gasteiger partial charge in [-0.05, 0) is 12.1 Å². The molecule has 2 rings (SSSR count). The van der Waals surface area contributed by atoms with Crippen LogP contribution in [0, 0.1) is 0 Å². The molecular formula is C10H11N3O. The zero-order chi connectivity index (χ0) is 9.80. The van der Waals surface area contributed by atoms with Gasteiger partial charge in [0.2, 0.25) is 5.88 Å². The highest BCUT2D eigenvalue weighted by atomic mass is 16.5. The first kappa shape index (κ1) is 8.77. The second-order valence-electron chi connectivity index (χ2n) is 2.84. The molecule has 0 saturated carbocycles. The molecule has 0 bridgehead atoms. The number of nitrogens with two attached hydrogens (primary N) is 1. The molecule has 0 saturated heterocycles. The minimum absolute atomic E-state index is 0.415. The van der Waals surface area contributed by atoms with Crippen LogP contribution in [0.5, 0.6) is 11.6 Å². The standard InChI is InChI=1S/C10H11N3O/c11-6-8-7-12-13-10(8)14-9-4-2-1-3-5-9/h1-5,7H,6,11H2,(H,12,13). The molecule has 14 heavy (non-hydrogen) atoms. The fourth-order valence-electron chi connectivity index (χ4n) is 1.14. The van der Waals surface area contributed by atoms with Crippen LogP contribution < -0.4 is 10.5 Å². The van der Waals surface area contributed by atoms with Crippen LogP contribution in [0.3, 0.4) is 0 Å². The van der Waals surface area contributed by atoms with Gasteiger partial charge in [-0.15, -0.1) is 0 Å². The minimum atomic E-state index is 0.415.